The van der Waals surface area contributed by atoms with Crippen LogP contribution in [0.15, 0.2) is 35.5 Å². The van der Waals surface area contributed by atoms with Crippen molar-refractivity contribution in [2.45, 2.75) is 70.9 Å². The van der Waals surface area contributed by atoms with Crippen LogP contribution in [-0.4, -0.2) is 31.9 Å². The average Bonchev–Trinajstić information content (AvgIpc) is 3.05. The Morgan fingerprint density at radius 2 is 1.86 bits per heavy atom. The Morgan fingerprint density at radius 1 is 1.10 bits per heavy atom. The Bertz CT molecular complexity index is 928. The van der Waals surface area contributed by atoms with Gasteiger partial charge in [-0.1, -0.05) is 46.6 Å². The molecule has 0 unspecified atom stereocenters. The van der Waals surface area contributed by atoms with Gasteiger partial charge in [-0.2, -0.15) is 5.10 Å². The number of aromatic nitrogens is 4. The molecule has 3 aromatic rings. The van der Waals surface area contributed by atoms with Crippen LogP contribution in [0.4, 0.5) is 5.95 Å². The fourth-order valence-corrected chi connectivity index (χ4v) is 4.32. The quantitative estimate of drug-likeness (QED) is 0.409. The molecule has 0 radical (unpaired) electrons. The topological polar surface area (TPSA) is 55.1 Å². The second-order valence-corrected chi connectivity index (χ2v) is 8.80. The first kappa shape index (κ1) is 21.6. The molecule has 0 aliphatic heterocycles. The molecule has 3 aromatic heterocycles. The molecule has 156 valence electrons. The zero-order valence-corrected chi connectivity index (χ0v) is 19.1. The molecule has 0 saturated carbocycles. The van der Waals surface area contributed by atoms with E-state index in [4.69, 9.17) is 10.1 Å². The van der Waals surface area contributed by atoms with E-state index < -0.39 is 0 Å². The number of pyridine rings is 1. The van der Waals surface area contributed by atoms with E-state index >= 15 is 0 Å². The van der Waals surface area contributed by atoms with Crippen molar-refractivity contribution in [2.75, 3.05) is 11.6 Å². The summed E-state index contributed by atoms with van der Waals surface area (Å²) in [5.74, 6) is 1.24. The van der Waals surface area contributed by atoms with Gasteiger partial charge in [0.1, 0.15) is 0 Å². The first-order valence-electron chi connectivity index (χ1n) is 10.7. The molecule has 0 atom stereocenters. The maximum absolute atomic E-state index is 4.96. The fourth-order valence-electron chi connectivity index (χ4n) is 3.79. The van der Waals surface area contributed by atoms with Gasteiger partial charge in [0.05, 0.1) is 21.9 Å². The molecule has 6 heteroatoms. The van der Waals surface area contributed by atoms with Crippen molar-refractivity contribution in [1.82, 2.24) is 19.6 Å². The second-order valence-electron chi connectivity index (χ2n) is 7.97. The number of nitrogens with zero attached hydrogens (tertiary/aromatic N) is 4. The van der Waals surface area contributed by atoms with Crippen molar-refractivity contribution in [3.8, 4) is 11.3 Å². The van der Waals surface area contributed by atoms with E-state index in [9.17, 15) is 0 Å². The van der Waals surface area contributed by atoms with Crippen molar-refractivity contribution in [3.05, 3.63) is 36.2 Å². The summed E-state index contributed by atoms with van der Waals surface area (Å²) < 4.78 is 2.06. The lowest BCUT2D eigenvalue weighted by atomic mass is 10.0. The molecule has 3 rings (SSSR count). The molecule has 5 nitrogen and oxygen atoms in total. The SMILES string of the molecule is CCCC(CCC)Nc1nccc(-c2c(CC(C)C)nn3c(SC)cccc23)n1. The Kier molecular flexibility index (Phi) is 7.53. The highest BCUT2D eigenvalue weighted by Crippen LogP contribution is 2.31. The monoisotopic (exact) mass is 411 g/mol. The lowest BCUT2D eigenvalue weighted by molar-refractivity contribution is 0.582. The third-order valence-electron chi connectivity index (χ3n) is 5.03. The molecule has 3 heterocycles. The summed E-state index contributed by atoms with van der Waals surface area (Å²) in [6, 6.07) is 8.78. The highest BCUT2D eigenvalue weighted by atomic mass is 32.2. The van der Waals surface area contributed by atoms with Crippen LogP contribution in [0.2, 0.25) is 0 Å². The normalized spacial score (nSPS) is 11.7. The minimum Gasteiger partial charge on any atom is -0.351 e. The summed E-state index contributed by atoms with van der Waals surface area (Å²) in [6.45, 7) is 8.91. The molecule has 29 heavy (non-hydrogen) atoms. The van der Waals surface area contributed by atoms with Gasteiger partial charge in [-0.25, -0.2) is 14.5 Å². The molecule has 0 aliphatic rings. The van der Waals surface area contributed by atoms with Crippen LogP contribution in [-0.2, 0) is 6.42 Å². The van der Waals surface area contributed by atoms with E-state index in [1.807, 2.05) is 12.3 Å². The molecule has 0 spiro atoms. The molecule has 0 fully saturated rings. The summed E-state index contributed by atoms with van der Waals surface area (Å²) in [5.41, 5.74) is 4.28. The van der Waals surface area contributed by atoms with Crippen LogP contribution in [0.1, 0.15) is 59.1 Å². The van der Waals surface area contributed by atoms with Crippen molar-refractivity contribution in [2.24, 2.45) is 5.92 Å². The molecule has 1 N–H and O–H groups in total. The minimum absolute atomic E-state index is 0.419. The van der Waals surface area contributed by atoms with Gasteiger partial charge in [0.2, 0.25) is 5.95 Å². The van der Waals surface area contributed by atoms with Crippen molar-refractivity contribution in [1.29, 1.82) is 0 Å². The van der Waals surface area contributed by atoms with E-state index in [0.29, 0.717) is 17.9 Å². The standard InChI is InChI=1S/C23H33N5S/c1-6-9-17(10-7-2)25-23-24-14-13-18(26-23)22-19(15-16(3)4)27-28-20(22)11-8-12-21(28)29-5/h8,11-14,16-17H,6-7,9-10,15H2,1-5H3,(H,24,25,26). The maximum atomic E-state index is 4.96. The minimum atomic E-state index is 0.419. The van der Waals surface area contributed by atoms with Gasteiger partial charge in [0.15, 0.2) is 0 Å². The van der Waals surface area contributed by atoms with Gasteiger partial charge >= 0.3 is 0 Å². The van der Waals surface area contributed by atoms with Crippen molar-refractivity contribution < 1.29 is 0 Å². The molecule has 0 aromatic carbocycles. The summed E-state index contributed by atoms with van der Waals surface area (Å²) in [4.78, 5) is 9.42. The number of fused-ring (bicyclic) bond motifs is 1. The van der Waals surface area contributed by atoms with E-state index in [1.54, 1.807) is 11.8 Å². The van der Waals surface area contributed by atoms with Crippen LogP contribution in [0, 0.1) is 5.92 Å². The highest BCUT2D eigenvalue weighted by Gasteiger charge is 2.19. The Hall–Kier alpha value is -2.08. The zero-order valence-electron chi connectivity index (χ0n) is 18.3. The fraction of sp³-hybridized carbons (Fsp3) is 0.522. The largest absolute Gasteiger partial charge is 0.351 e. The molecule has 0 aliphatic carbocycles. The van der Waals surface area contributed by atoms with Gasteiger partial charge in [-0.15, -0.1) is 11.8 Å². The summed E-state index contributed by atoms with van der Waals surface area (Å²) in [7, 11) is 0. The highest BCUT2D eigenvalue weighted by molar-refractivity contribution is 7.98. The number of rotatable bonds is 10. The number of hydrogen-bond donors (Lipinski definition) is 1. The first-order chi connectivity index (χ1) is 14.1. The Labute approximate surface area is 178 Å². The number of nitrogens with one attached hydrogen (secondary N) is 1. The lowest BCUT2D eigenvalue weighted by Gasteiger charge is -2.17. The summed E-state index contributed by atoms with van der Waals surface area (Å²) in [5, 5.41) is 9.66. The first-order valence-corrected chi connectivity index (χ1v) is 11.9. The number of anilines is 1. The third-order valence-corrected chi connectivity index (χ3v) is 5.75. The van der Waals surface area contributed by atoms with Crippen molar-refractivity contribution >= 4 is 23.2 Å². The smallest absolute Gasteiger partial charge is 0.223 e. The van der Waals surface area contributed by atoms with Crippen LogP contribution in [0.3, 0.4) is 0 Å². The van der Waals surface area contributed by atoms with E-state index in [0.717, 1.165) is 59.6 Å². The Morgan fingerprint density at radius 3 is 2.52 bits per heavy atom. The van der Waals surface area contributed by atoms with E-state index in [2.05, 4.69) is 67.0 Å². The number of thioether (sulfide) groups is 1. The molecular formula is C23H33N5S. The predicted molar refractivity (Wildman–Crippen MR) is 124 cm³/mol. The number of hydrogen-bond acceptors (Lipinski definition) is 5. The van der Waals surface area contributed by atoms with Gasteiger partial charge in [0, 0.05) is 17.8 Å². The summed E-state index contributed by atoms with van der Waals surface area (Å²) >= 11 is 1.71. The van der Waals surface area contributed by atoms with Crippen LogP contribution < -0.4 is 5.32 Å². The zero-order chi connectivity index (χ0) is 20.8. The van der Waals surface area contributed by atoms with Crippen LogP contribution in [0.25, 0.3) is 16.8 Å². The average molecular weight is 412 g/mol. The molecule has 0 amide bonds. The van der Waals surface area contributed by atoms with Crippen LogP contribution in [0.5, 0.6) is 0 Å². The van der Waals surface area contributed by atoms with Crippen molar-refractivity contribution in [3.63, 3.8) is 0 Å². The van der Waals surface area contributed by atoms with Gasteiger partial charge in [-0.05, 0) is 49.6 Å². The van der Waals surface area contributed by atoms with Crippen LogP contribution >= 0.6 is 11.8 Å². The van der Waals surface area contributed by atoms with E-state index in [-0.39, 0.29) is 0 Å². The predicted octanol–water partition coefficient (Wildman–Crippen LogP) is 6.09. The Balaban J connectivity index is 2.05. The van der Waals surface area contributed by atoms with Gasteiger partial charge in [0.25, 0.3) is 0 Å². The molecule has 0 saturated heterocycles. The molecule has 0 bridgehead atoms. The lowest BCUT2D eigenvalue weighted by Crippen LogP contribution is -2.20. The third kappa shape index (κ3) is 5.10. The van der Waals surface area contributed by atoms with Gasteiger partial charge in [-0.3, -0.25) is 0 Å². The summed E-state index contributed by atoms with van der Waals surface area (Å²) in [6.07, 6.45) is 9.45. The molecular weight excluding hydrogens is 378 g/mol. The second kappa shape index (κ2) is 10.1. The van der Waals surface area contributed by atoms with E-state index in [1.165, 1.54) is 0 Å². The maximum Gasteiger partial charge on any atom is 0.223 e. The van der Waals surface area contributed by atoms with Gasteiger partial charge < -0.3 is 5.32 Å².